The summed E-state index contributed by atoms with van der Waals surface area (Å²) >= 11 is 5.89. The van der Waals surface area contributed by atoms with Crippen molar-refractivity contribution < 1.29 is 5.11 Å². The lowest BCUT2D eigenvalue weighted by Crippen LogP contribution is -2.09. The van der Waals surface area contributed by atoms with Gasteiger partial charge in [-0.3, -0.25) is 0 Å². The molecule has 2 nitrogen and oxygen atoms in total. The second-order valence-electron chi connectivity index (χ2n) is 4.17. The maximum absolute atomic E-state index is 9.63. The van der Waals surface area contributed by atoms with E-state index in [9.17, 15) is 5.11 Å². The number of hydrogen-bond acceptors (Lipinski definition) is 2. The van der Waals surface area contributed by atoms with Crippen molar-refractivity contribution >= 4 is 11.6 Å². The Bertz CT molecular complexity index is 334. The van der Waals surface area contributed by atoms with Gasteiger partial charge < -0.3 is 10.4 Å². The molecule has 1 aromatic carbocycles. The standard InChI is InChI=1S/C12H16ClNO/c13-11-3-4-12(15)10(7-11)2-1-9-5-6-14-8-9/h3-4,7,9,14-15H,1-2,5-6,8H2. The van der Waals surface area contributed by atoms with Crippen LogP contribution >= 0.6 is 11.6 Å². The van der Waals surface area contributed by atoms with Gasteiger partial charge in [0.25, 0.3) is 0 Å². The highest BCUT2D eigenvalue weighted by atomic mass is 35.5. The first-order valence-electron chi connectivity index (χ1n) is 5.44. The molecule has 15 heavy (non-hydrogen) atoms. The molecule has 1 aromatic rings. The fraction of sp³-hybridized carbons (Fsp3) is 0.500. The average molecular weight is 226 g/mol. The van der Waals surface area contributed by atoms with E-state index in [4.69, 9.17) is 11.6 Å². The van der Waals surface area contributed by atoms with Crippen molar-refractivity contribution in [2.75, 3.05) is 13.1 Å². The van der Waals surface area contributed by atoms with Crippen LogP contribution in [0.25, 0.3) is 0 Å². The summed E-state index contributed by atoms with van der Waals surface area (Å²) in [5, 5.41) is 13.7. The van der Waals surface area contributed by atoms with Gasteiger partial charge in [-0.2, -0.15) is 0 Å². The van der Waals surface area contributed by atoms with Crippen LogP contribution in [0.3, 0.4) is 0 Å². The Morgan fingerprint density at radius 2 is 2.33 bits per heavy atom. The molecule has 0 bridgehead atoms. The third-order valence-corrected chi connectivity index (χ3v) is 3.26. The van der Waals surface area contributed by atoms with Crippen LogP contribution in [0.1, 0.15) is 18.4 Å². The average Bonchev–Trinajstić information content (AvgIpc) is 2.72. The number of nitrogens with one attached hydrogen (secondary N) is 1. The van der Waals surface area contributed by atoms with Crippen molar-refractivity contribution in [3.8, 4) is 5.75 Å². The summed E-state index contributed by atoms with van der Waals surface area (Å²) in [6, 6.07) is 5.25. The molecule has 0 aromatic heterocycles. The van der Waals surface area contributed by atoms with E-state index in [-0.39, 0.29) is 0 Å². The zero-order valence-electron chi connectivity index (χ0n) is 8.67. The van der Waals surface area contributed by atoms with Gasteiger partial charge in [-0.05, 0) is 62.0 Å². The van der Waals surface area contributed by atoms with Crippen LogP contribution in [0, 0.1) is 5.92 Å². The van der Waals surface area contributed by atoms with Gasteiger partial charge in [0.2, 0.25) is 0 Å². The van der Waals surface area contributed by atoms with Crippen LogP contribution in [0.15, 0.2) is 18.2 Å². The van der Waals surface area contributed by atoms with Gasteiger partial charge in [0.05, 0.1) is 0 Å². The van der Waals surface area contributed by atoms with Crippen LogP contribution in [0.2, 0.25) is 5.02 Å². The van der Waals surface area contributed by atoms with Crippen molar-refractivity contribution in [3.63, 3.8) is 0 Å². The number of phenols is 1. The molecule has 1 unspecified atom stereocenters. The number of hydrogen-bond donors (Lipinski definition) is 2. The van der Waals surface area contributed by atoms with Gasteiger partial charge in [-0.25, -0.2) is 0 Å². The first kappa shape index (κ1) is 10.8. The molecular weight excluding hydrogens is 210 g/mol. The van der Waals surface area contributed by atoms with Gasteiger partial charge in [-0.15, -0.1) is 0 Å². The minimum absolute atomic E-state index is 0.366. The Morgan fingerprint density at radius 1 is 1.47 bits per heavy atom. The minimum atomic E-state index is 0.366. The molecule has 2 rings (SSSR count). The van der Waals surface area contributed by atoms with E-state index in [0.717, 1.165) is 37.4 Å². The number of aromatic hydroxyl groups is 1. The lowest BCUT2D eigenvalue weighted by molar-refractivity contribution is 0.460. The van der Waals surface area contributed by atoms with Gasteiger partial charge in [-0.1, -0.05) is 11.6 Å². The van der Waals surface area contributed by atoms with Gasteiger partial charge in [0.15, 0.2) is 0 Å². The third-order valence-electron chi connectivity index (χ3n) is 3.03. The van der Waals surface area contributed by atoms with Crippen LogP contribution in [-0.4, -0.2) is 18.2 Å². The highest BCUT2D eigenvalue weighted by Gasteiger charge is 2.14. The molecule has 82 valence electrons. The number of aryl methyl sites for hydroxylation is 1. The van der Waals surface area contributed by atoms with Crippen molar-refractivity contribution in [1.29, 1.82) is 0 Å². The smallest absolute Gasteiger partial charge is 0.118 e. The maximum Gasteiger partial charge on any atom is 0.118 e. The van der Waals surface area contributed by atoms with E-state index < -0.39 is 0 Å². The summed E-state index contributed by atoms with van der Waals surface area (Å²) in [6.45, 7) is 2.24. The van der Waals surface area contributed by atoms with Crippen LogP contribution < -0.4 is 5.32 Å². The molecule has 0 amide bonds. The lowest BCUT2D eigenvalue weighted by Gasteiger charge is -2.09. The predicted molar refractivity (Wildman–Crippen MR) is 62.4 cm³/mol. The van der Waals surface area contributed by atoms with Crippen LogP contribution in [0.5, 0.6) is 5.75 Å². The normalized spacial score (nSPS) is 20.7. The van der Waals surface area contributed by atoms with E-state index >= 15 is 0 Å². The first-order chi connectivity index (χ1) is 7.25. The Hall–Kier alpha value is -0.730. The summed E-state index contributed by atoms with van der Waals surface area (Å²) in [7, 11) is 0. The topological polar surface area (TPSA) is 32.3 Å². The Labute approximate surface area is 95.3 Å². The Morgan fingerprint density at radius 3 is 3.07 bits per heavy atom. The number of rotatable bonds is 3. The fourth-order valence-electron chi connectivity index (χ4n) is 2.07. The van der Waals surface area contributed by atoms with Gasteiger partial charge in [0.1, 0.15) is 5.75 Å². The largest absolute Gasteiger partial charge is 0.508 e. The molecule has 1 fully saturated rings. The van der Waals surface area contributed by atoms with Gasteiger partial charge >= 0.3 is 0 Å². The van der Waals surface area contributed by atoms with E-state index in [1.807, 2.05) is 6.07 Å². The first-order valence-corrected chi connectivity index (χ1v) is 5.81. The highest BCUT2D eigenvalue weighted by molar-refractivity contribution is 6.30. The molecule has 1 aliphatic heterocycles. The predicted octanol–water partition coefficient (Wildman–Crippen LogP) is 2.59. The molecule has 1 heterocycles. The molecule has 1 aliphatic rings. The molecule has 0 aliphatic carbocycles. The number of halogens is 1. The minimum Gasteiger partial charge on any atom is -0.508 e. The summed E-state index contributed by atoms with van der Waals surface area (Å²) in [4.78, 5) is 0. The molecule has 1 saturated heterocycles. The van der Waals surface area contributed by atoms with Crippen molar-refractivity contribution in [2.45, 2.75) is 19.3 Å². The zero-order valence-corrected chi connectivity index (χ0v) is 9.43. The van der Waals surface area contributed by atoms with E-state index in [1.165, 1.54) is 6.42 Å². The van der Waals surface area contributed by atoms with Gasteiger partial charge in [0, 0.05) is 5.02 Å². The summed E-state index contributed by atoms with van der Waals surface area (Å²) < 4.78 is 0. The van der Waals surface area contributed by atoms with E-state index in [2.05, 4.69) is 5.32 Å². The quantitative estimate of drug-likeness (QED) is 0.829. The zero-order chi connectivity index (χ0) is 10.7. The monoisotopic (exact) mass is 225 g/mol. The highest BCUT2D eigenvalue weighted by Crippen LogP contribution is 2.25. The molecule has 0 saturated carbocycles. The summed E-state index contributed by atoms with van der Waals surface area (Å²) in [5.74, 6) is 1.12. The number of phenolic OH excluding ortho intramolecular Hbond substituents is 1. The SMILES string of the molecule is Oc1ccc(Cl)cc1CCC1CCNC1. The van der Waals surface area contributed by atoms with Crippen molar-refractivity contribution in [1.82, 2.24) is 5.32 Å². The molecule has 0 radical (unpaired) electrons. The fourth-order valence-corrected chi connectivity index (χ4v) is 2.27. The van der Waals surface area contributed by atoms with E-state index in [1.54, 1.807) is 12.1 Å². The molecule has 2 N–H and O–H groups in total. The summed E-state index contributed by atoms with van der Waals surface area (Å²) in [5.41, 5.74) is 0.967. The molecule has 0 spiro atoms. The number of benzene rings is 1. The Balaban J connectivity index is 1.94. The van der Waals surface area contributed by atoms with Crippen LogP contribution in [0.4, 0.5) is 0 Å². The second-order valence-corrected chi connectivity index (χ2v) is 4.61. The molecular formula is C12H16ClNO. The molecule has 1 atom stereocenters. The van der Waals surface area contributed by atoms with Crippen LogP contribution in [-0.2, 0) is 6.42 Å². The van der Waals surface area contributed by atoms with E-state index in [0.29, 0.717) is 10.8 Å². The van der Waals surface area contributed by atoms with Crippen molar-refractivity contribution in [2.24, 2.45) is 5.92 Å². The summed E-state index contributed by atoms with van der Waals surface area (Å²) in [6.07, 6.45) is 3.29. The second kappa shape index (κ2) is 4.86. The molecule has 3 heteroatoms. The van der Waals surface area contributed by atoms with Crippen molar-refractivity contribution in [3.05, 3.63) is 28.8 Å². The Kier molecular flexibility index (Phi) is 3.49. The maximum atomic E-state index is 9.63. The third kappa shape index (κ3) is 2.86. The lowest BCUT2D eigenvalue weighted by atomic mass is 9.98.